The van der Waals surface area contributed by atoms with Crippen LogP contribution in [-0.2, 0) is 0 Å². The van der Waals surface area contributed by atoms with E-state index in [-0.39, 0.29) is 0 Å². The number of hydrogen-bond acceptors (Lipinski definition) is 0. The van der Waals surface area contributed by atoms with Crippen LogP contribution in [0.15, 0.2) is 72.8 Å². The maximum absolute atomic E-state index is 3.73. The van der Waals surface area contributed by atoms with Gasteiger partial charge in [-0.3, -0.25) is 0 Å². The van der Waals surface area contributed by atoms with Crippen LogP contribution in [0.5, 0.6) is 0 Å². The summed E-state index contributed by atoms with van der Waals surface area (Å²) in [6.45, 7) is 0. The van der Waals surface area contributed by atoms with Gasteiger partial charge < -0.3 is 4.98 Å². The van der Waals surface area contributed by atoms with E-state index < -0.39 is 0 Å². The van der Waals surface area contributed by atoms with Gasteiger partial charge >= 0.3 is 0 Å². The van der Waals surface area contributed by atoms with Crippen molar-refractivity contribution in [1.29, 1.82) is 0 Å². The lowest BCUT2D eigenvalue weighted by Gasteiger charge is -2.06. The Morgan fingerprint density at radius 1 is 0.704 bits per heavy atom. The first-order valence-electron chi connectivity index (χ1n) is 9.39. The van der Waals surface area contributed by atoms with Crippen LogP contribution in [0.2, 0.25) is 0 Å². The molecule has 2 aliphatic rings. The van der Waals surface area contributed by atoms with E-state index in [0.717, 1.165) is 0 Å². The average Bonchev–Trinajstić information content (AvgIpc) is 3.38. The Labute approximate surface area is 155 Å². The quantitative estimate of drug-likeness (QED) is 0.416. The van der Waals surface area contributed by atoms with Gasteiger partial charge in [0, 0.05) is 27.4 Å². The maximum Gasteiger partial charge on any atom is 0.0551 e. The number of nitrogens with one attached hydrogen (secondary N) is 1. The Balaban J connectivity index is 1.90. The lowest BCUT2D eigenvalue weighted by Crippen LogP contribution is -2.07. The van der Waals surface area contributed by atoms with E-state index in [1.54, 1.807) is 0 Å². The molecule has 1 nitrogen and oxygen atoms in total. The lowest BCUT2D eigenvalue weighted by molar-refractivity contribution is 1.45. The molecule has 7 rings (SSSR count). The molecular weight excluding hydrogens is 326 g/mol. The van der Waals surface area contributed by atoms with Gasteiger partial charge in [-0.2, -0.15) is 0 Å². The Bertz CT molecular complexity index is 1670. The number of aromatic nitrogens is 1. The standard InChI is InChI=1S/C26H15N/c1-3-9-17-16(8-1)14-21-23(17)20-13-15-7-2-4-10-18(15)24(20)25-19-11-5-6-12-22(19)27-26(21)25/h1-14,27H. The summed E-state index contributed by atoms with van der Waals surface area (Å²) >= 11 is 0. The molecule has 4 aromatic carbocycles. The van der Waals surface area contributed by atoms with E-state index in [1.165, 1.54) is 64.9 Å². The summed E-state index contributed by atoms with van der Waals surface area (Å²) in [5, 5.41) is 8.05. The highest BCUT2D eigenvalue weighted by Gasteiger charge is 2.22. The highest BCUT2D eigenvalue weighted by atomic mass is 14.7. The first kappa shape index (κ1) is 13.6. The van der Waals surface area contributed by atoms with Crippen LogP contribution < -0.4 is 10.4 Å². The molecule has 0 spiro atoms. The molecule has 1 aromatic heterocycles. The summed E-state index contributed by atoms with van der Waals surface area (Å²) < 4.78 is 0. The number of benzene rings is 4. The zero-order valence-corrected chi connectivity index (χ0v) is 14.6. The second-order valence-corrected chi connectivity index (χ2v) is 7.46. The van der Waals surface area contributed by atoms with Crippen LogP contribution in [0, 0.1) is 10.4 Å². The molecule has 27 heavy (non-hydrogen) atoms. The van der Waals surface area contributed by atoms with Crippen molar-refractivity contribution in [1.82, 2.24) is 4.98 Å². The third kappa shape index (κ3) is 1.56. The zero-order valence-electron chi connectivity index (χ0n) is 14.6. The van der Waals surface area contributed by atoms with Crippen LogP contribution in [0.1, 0.15) is 11.1 Å². The number of aromatic amines is 1. The first-order chi connectivity index (χ1) is 13.4. The molecule has 1 heterocycles. The summed E-state index contributed by atoms with van der Waals surface area (Å²) in [4.78, 5) is 3.73. The third-order valence-electron chi connectivity index (χ3n) is 6.09. The van der Waals surface area contributed by atoms with Gasteiger partial charge in [0.2, 0.25) is 0 Å². The number of para-hydroxylation sites is 1. The molecule has 0 bridgehead atoms. The highest BCUT2D eigenvalue weighted by molar-refractivity contribution is 6.18. The van der Waals surface area contributed by atoms with Crippen molar-refractivity contribution in [3.8, 4) is 11.1 Å². The van der Waals surface area contributed by atoms with E-state index in [9.17, 15) is 0 Å². The van der Waals surface area contributed by atoms with Gasteiger partial charge in [0.25, 0.3) is 0 Å². The van der Waals surface area contributed by atoms with Crippen LogP contribution in [0.3, 0.4) is 0 Å². The number of rotatable bonds is 0. The zero-order chi connectivity index (χ0) is 17.5. The van der Waals surface area contributed by atoms with E-state index in [0.29, 0.717) is 0 Å². The summed E-state index contributed by atoms with van der Waals surface area (Å²) in [6.07, 6.45) is 4.72. The Morgan fingerprint density at radius 3 is 2.52 bits per heavy atom. The van der Waals surface area contributed by atoms with Crippen LogP contribution >= 0.6 is 0 Å². The molecule has 124 valence electrons. The van der Waals surface area contributed by atoms with E-state index in [2.05, 4.69) is 89.9 Å². The normalized spacial score (nSPS) is 13.0. The Kier molecular flexibility index (Phi) is 2.30. The fourth-order valence-electron chi connectivity index (χ4n) is 5.00. The second kappa shape index (κ2) is 4.57. The molecule has 0 fully saturated rings. The molecule has 5 aromatic rings. The fraction of sp³-hybridized carbons (Fsp3) is 0. The molecule has 0 radical (unpaired) electrons. The molecule has 0 atom stereocenters. The van der Waals surface area contributed by atoms with Gasteiger partial charge in [-0.15, -0.1) is 0 Å². The first-order valence-corrected chi connectivity index (χ1v) is 9.39. The Morgan fingerprint density at radius 2 is 1.52 bits per heavy atom. The monoisotopic (exact) mass is 341 g/mol. The Hall–Kier alpha value is -3.58. The van der Waals surface area contributed by atoms with Gasteiger partial charge in [-0.1, -0.05) is 66.7 Å². The second-order valence-electron chi connectivity index (χ2n) is 7.46. The van der Waals surface area contributed by atoms with Gasteiger partial charge in [0.1, 0.15) is 0 Å². The minimum Gasteiger partial charge on any atom is -0.354 e. The molecule has 1 heteroatoms. The van der Waals surface area contributed by atoms with E-state index >= 15 is 0 Å². The topological polar surface area (TPSA) is 15.8 Å². The molecule has 1 N–H and O–H groups in total. The molecule has 0 saturated carbocycles. The van der Waals surface area contributed by atoms with Crippen molar-refractivity contribution in [2.24, 2.45) is 0 Å². The van der Waals surface area contributed by atoms with Crippen molar-refractivity contribution in [2.75, 3.05) is 0 Å². The molecule has 0 unspecified atom stereocenters. The van der Waals surface area contributed by atoms with Crippen molar-refractivity contribution < 1.29 is 0 Å². The van der Waals surface area contributed by atoms with Crippen molar-refractivity contribution in [3.05, 3.63) is 105 Å². The number of H-pyrrole nitrogens is 1. The average molecular weight is 341 g/mol. The van der Waals surface area contributed by atoms with Gasteiger partial charge in [0.05, 0.1) is 5.52 Å². The molecule has 0 saturated heterocycles. The minimum atomic E-state index is 1.21. The number of fused-ring (bicyclic) bond motifs is 11. The summed E-state index contributed by atoms with van der Waals surface area (Å²) in [7, 11) is 0. The molecule has 0 amide bonds. The largest absolute Gasteiger partial charge is 0.354 e. The molecular formula is C26H15N. The summed E-state index contributed by atoms with van der Waals surface area (Å²) in [5.41, 5.74) is 7.82. The maximum atomic E-state index is 3.73. The number of hydrogen-bond donors (Lipinski definition) is 1. The van der Waals surface area contributed by atoms with Crippen molar-refractivity contribution >= 4 is 34.0 Å². The predicted molar refractivity (Wildman–Crippen MR) is 112 cm³/mol. The van der Waals surface area contributed by atoms with Crippen LogP contribution in [-0.4, -0.2) is 4.98 Å². The summed E-state index contributed by atoms with van der Waals surface area (Å²) in [6, 6.07) is 26.2. The fourth-order valence-corrected chi connectivity index (χ4v) is 5.00. The van der Waals surface area contributed by atoms with E-state index in [1.807, 2.05) is 0 Å². The van der Waals surface area contributed by atoms with Gasteiger partial charge in [-0.25, -0.2) is 0 Å². The minimum absolute atomic E-state index is 1.21. The van der Waals surface area contributed by atoms with Gasteiger partial charge in [0.15, 0.2) is 0 Å². The SMILES string of the molecule is C1=c2ccccc2=c2c1c1[nH]c3ccccc3c1c1c2=Cc2ccccc2-1. The summed E-state index contributed by atoms with van der Waals surface area (Å²) in [5.74, 6) is 0. The predicted octanol–water partition coefficient (Wildman–Crippen LogP) is 4.56. The lowest BCUT2D eigenvalue weighted by atomic mass is 9.96. The third-order valence-corrected chi connectivity index (χ3v) is 6.09. The van der Waals surface area contributed by atoms with Crippen LogP contribution in [0.25, 0.3) is 45.1 Å². The van der Waals surface area contributed by atoms with Crippen molar-refractivity contribution in [2.45, 2.75) is 0 Å². The smallest absolute Gasteiger partial charge is 0.0551 e. The molecule has 0 aliphatic heterocycles. The molecule has 2 aliphatic carbocycles. The van der Waals surface area contributed by atoms with Crippen molar-refractivity contribution in [3.63, 3.8) is 0 Å². The van der Waals surface area contributed by atoms with Gasteiger partial charge in [-0.05, 0) is 50.2 Å². The highest BCUT2D eigenvalue weighted by Crippen LogP contribution is 2.39. The van der Waals surface area contributed by atoms with E-state index in [4.69, 9.17) is 0 Å². The van der Waals surface area contributed by atoms with Crippen LogP contribution in [0.4, 0.5) is 0 Å².